The minimum absolute atomic E-state index is 0.00772. The van der Waals surface area contributed by atoms with E-state index >= 15 is 0 Å². The van der Waals surface area contributed by atoms with Crippen LogP contribution in [0.4, 0.5) is 11.4 Å². The van der Waals surface area contributed by atoms with Crippen LogP contribution >= 0.6 is 23.2 Å². The standard InChI is InChI=1S/C26H16Cl2N2O7S/c27-22-15-20(16-23(28)24(22)37-26(32)18-10-5-2-6-11-18)29(25(31)17-8-3-1-4-9-17)38(35,36)21-13-7-12-19(14-21)30(33)34/h1-16H. The second kappa shape index (κ2) is 11.0. The predicted molar refractivity (Wildman–Crippen MR) is 141 cm³/mol. The van der Waals surface area contributed by atoms with E-state index < -0.39 is 37.4 Å². The summed E-state index contributed by atoms with van der Waals surface area (Å²) in [5, 5.41) is 10.7. The summed E-state index contributed by atoms with van der Waals surface area (Å²) in [6, 6.07) is 22.0. The molecule has 0 aliphatic rings. The predicted octanol–water partition coefficient (Wildman–Crippen LogP) is 6.16. The topological polar surface area (TPSA) is 124 Å². The molecule has 0 saturated carbocycles. The molecule has 0 atom stereocenters. The fourth-order valence-corrected chi connectivity index (χ4v) is 5.40. The number of sulfonamides is 1. The van der Waals surface area contributed by atoms with Crippen molar-refractivity contribution in [3.05, 3.63) is 128 Å². The summed E-state index contributed by atoms with van der Waals surface area (Å²) in [6.45, 7) is 0. The number of rotatable bonds is 7. The Balaban J connectivity index is 1.82. The highest BCUT2D eigenvalue weighted by Crippen LogP contribution is 2.39. The van der Waals surface area contributed by atoms with Crippen molar-refractivity contribution in [2.75, 3.05) is 4.31 Å². The van der Waals surface area contributed by atoms with E-state index in [1.807, 2.05) is 0 Å². The van der Waals surface area contributed by atoms with Gasteiger partial charge in [-0.1, -0.05) is 65.7 Å². The molecule has 1 amide bonds. The Labute approximate surface area is 227 Å². The van der Waals surface area contributed by atoms with Crippen LogP contribution in [0, 0.1) is 10.1 Å². The van der Waals surface area contributed by atoms with Crippen molar-refractivity contribution in [3.8, 4) is 5.75 Å². The molecule has 0 unspecified atom stereocenters. The van der Waals surface area contributed by atoms with Crippen LogP contribution in [-0.2, 0) is 10.0 Å². The molecule has 0 aromatic heterocycles. The SMILES string of the molecule is O=C(Oc1c(Cl)cc(N(C(=O)c2ccccc2)S(=O)(=O)c2cccc([N+](=O)[O-])c2)cc1Cl)c1ccccc1. The van der Waals surface area contributed by atoms with Crippen LogP contribution in [0.15, 0.2) is 102 Å². The summed E-state index contributed by atoms with van der Waals surface area (Å²) >= 11 is 12.7. The number of hydrogen-bond acceptors (Lipinski definition) is 7. The van der Waals surface area contributed by atoms with E-state index in [2.05, 4.69) is 0 Å². The molecule has 0 N–H and O–H groups in total. The van der Waals surface area contributed by atoms with E-state index in [1.54, 1.807) is 24.3 Å². The molecule has 192 valence electrons. The van der Waals surface area contributed by atoms with Crippen LogP contribution in [0.3, 0.4) is 0 Å². The van der Waals surface area contributed by atoms with Crippen molar-refractivity contribution in [2.24, 2.45) is 0 Å². The van der Waals surface area contributed by atoms with E-state index in [4.69, 9.17) is 27.9 Å². The molecule has 0 aliphatic heterocycles. The lowest BCUT2D eigenvalue weighted by Gasteiger charge is -2.24. The first kappa shape index (κ1) is 26.8. The first-order valence-corrected chi connectivity index (χ1v) is 12.9. The molecule has 4 rings (SSSR count). The molecule has 0 radical (unpaired) electrons. The number of non-ortho nitro benzene ring substituents is 1. The van der Waals surface area contributed by atoms with Gasteiger partial charge in [-0.3, -0.25) is 14.9 Å². The Morgan fingerprint density at radius 3 is 1.89 bits per heavy atom. The van der Waals surface area contributed by atoms with Gasteiger partial charge >= 0.3 is 5.97 Å². The van der Waals surface area contributed by atoms with Crippen LogP contribution in [0.2, 0.25) is 10.0 Å². The largest absolute Gasteiger partial charge is 0.420 e. The highest BCUT2D eigenvalue weighted by Gasteiger charge is 2.34. The quantitative estimate of drug-likeness (QED) is 0.113. The number of nitrogens with zero attached hydrogens (tertiary/aromatic N) is 2. The maximum absolute atomic E-state index is 13.7. The monoisotopic (exact) mass is 570 g/mol. The highest BCUT2D eigenvalue weighted by molar-refractivity contribution is 7.93. The molecule has 4 aromatic rings. The third-order valence-corrected chi connectivity index (χ3v) is 7.46. The highest BCUT2D eigenvalue weighted by atomic mass is 35.5. The van der Waals surface area contributed by atoms with Gasteiger partial charge in [0.25, 0.3) is 21.6 Å². The van der Waals surface area contributed by atoms with E-state index in [9.17, 15) is 28.1 Å². The molecule has 12 heteroatoms. The van der Waals surface area contributed by atoms with Gasteiger partial charge in [-0.2, -0.15) is 4.31 Å². The van der Waals surface area contributed by atoms with Gasteiger partial charge in [0.2, 0.25) is 0 Å². The van der Waals surface area contributed by atoms with E-state index in [0.717, 1.165) is 30.3 Å². The summed E-state index contributed by atoms with van der Waals surface area (Å²) in [6.07, 6.45) is 0. The van der Waals surface area contributed by atoms with E-state index in [1.165, 1.54) is 42.5 Å². The molecule has 9 nitrogen and oxygen atoms in total. The van der Waals surface area contributed by atoms with Crippen LogP contribution in [0.5, 0.6) is 5.75 Å². The van der Waals surface area contributed by atoms with Crippen molar-refractivity contribution < 1.29 is 27.7 Å². The van der Waals surface area contributed by atoms with E-state index in [0.29, 0.717) is 4.31 Å². The molecule has 0 aliphatic carbocycles. The number of amides is 1. The second-order valence-corrected chi connectivity index (χ2v) is 10.3. The average Bonchev–Trinajstić information content (AvgIpc) is 2.91. The molecule has 0 heterocycles. The number of carbonyl (C=O) groups excluding carboxylic acids is 2. The Kier molecular flexibility index (Phi) is 7.77. The van der Waals surface area contributed by atoms with Crippen LogP contribution in [0.25, 0.3) is 0 Å². The zero-order chi connectivity index (χ0) is 27.4. The lowest BCUT2D eigenvalue weighted by Crippen LogP contribution is -2.37. The molecule has 0 saturated heterocycles. The number of esters is 1. The Hall–Kier alpha value is -4.25. The van der Waals surface area contributed by atoms with Gasteiger partial charge in [0.15, 0.2) is 5.75 Å². The Morgan fingerprint density at radius 2 is 1.34 bits per heavy atom. The van der Waals surface area contributed by atoms with Gasteiger partial charge in [-0.25, -0.2) is 13.2 Å². The molecule has 0 bridgehead atoms. The smallest absolute Gasteiger partial charge is 0.343 e. The lowest BCUT2D eigenvalue weighted by atomic mass is 10.2. The van der Waals surface area contributed by atoms with Gasteiger partial charge < -0.3 is 4.74 Å². The Bertz CT molecular complexity index is 1620. The third-order valence-electron chi connectivity index (χ3n) is 5.19. The number of benzene rings is 4. The molecule has 0 spiro atoms. The Morgan fingerprint density at radius 1 is 0.789 bits per heavy atom. The molecule has 38 heavy (non-hydrogen) atoms. The van der Waals surface area contributed by atoms with Gasteiger partial charge in [-0.15, -0.1) is 0 Å². The number of ether oxygens (including phenoxy) is 1. The van der Waals surface area contributed by atoms with Crippen LogP contribution in [-0.4, -0.2) is 25.2 Å². The summed E-state index contributed by atoms with van der Waals surface area (Å²) in [5.41, 5.74) is -0.538. The first-order chi connectivity index (χ1) is 18.1. The van der Waals surface area contributed by atoms with Gasteiger partial charge in [0.05, 0.1) is 31.1 Å². The zero-order valence-corrected chi connectivity index (χ0v) is 21.5. The maximum atomic E-state index is 13.7. The summed E-state index contributed by atoms with van der Waals surface area (Å²) in [5.74, 6) is -1.98. The molecular weight excluding hydrogens is 555 g/mol. The molecule has 4 aromatic carbocycles. The summed E-state index contributed by atoms with van der Waals surface area (Å²) in [7, 11) is -4.72. The van der Waals surface area contributed by atoms with Crippen LogP contribution in [0.1, 0.15) is 20.7 Å². The minimum Gasteiger partial charge on any atom is -0.420 e. The molecular formula is C26H16Cl2N2O7S. The van der Waals surface area contributed by atoms with Crippen molar-refractivity contribution in [1.29, 1.82) is 0 Å². The molecule has 0 fully saturated rings. The first-order valence-electron chi connectivity index (χ1n) is 10.7. The van der Waals surface area contributed by atoms with Crippen molar-refractivity contribution in [3.63, 3.8) is 0 Å². The zero-order valence-electron chi connectivity index (χ0n) is 19.2. The second-order valence-electron chi connectivity index (χ2n) is 7.69. The average molecular weight is 571 g/mol. The van der Waals surface area contributed by atoms with Crippen molar-refractivity contribution >= 4 is 56.5 Å². The van der Waals surface area contributed by atoms with Crippen LogP contribution < -0.4 is 9.04 Å². The minimum atomic E-state index is -4.72. The fourth-order valence-electron chi connectivity index (χ4n) is 3.41. The summed E-state index contributed by atoms with van der Waals surface area (Å²) in [4.78, 5) is 36.0. The number of anilines is 1. The van der Waals surface area contributed by atoms with Gasteiger partial charge in [0, 0.05) is 17.7 Å². The van der Waals surface area contributed by atoms with Gasteiger partial charge in [0.1, 0.15) is 0 Å². The number of halogens is 2. The van der Waals surface area contributed by atoms with E-state index in [-0.39, 0.29) is 32.6 Å². The lowest BCUT2D eigenvalue weighted by molar-refractivity contribution is -0.385. The van der Waals surface area contributed by atoms with Crippen molar-refractivity contribution in [2.45, 2.75) is 4.90 Å². The number of nitro groups is 1. The number of nitro benzene ring substituents is 1. The van der Waals surface area contributed by atoms with Crippen molar-refractivity contribution in [1.82, 2.24) is 0 Å². The maximum Gasteiger partial charge on any atom is 0.343 e. The third kappa shape index (κ3) is 5.52. The number of carbonyl (C=O) groups is 2. The van der Waals surface area contributed by atoms with Gasteiger partial charge in [-0.05, 0) is 42.5 Å². The normalized spacial score (nSPS) is 11.0. The number of hydrogen-bond donors (Lipinski definition) is 0. The summed E-state index contributed by atoms with van der Waals surface area (Å²) < 4.78 is 33.2. The fraction of sp³-hybridized carbons (Fsp3) is 0.